The number of hydrogen-bond donors (Lipinski definition) is 0. The standard InChI is InChI=1S/C36H28N2O2SSe/c1-23-12-15-25(16-13-23)28-22-29(26-17-19-27(20-18-26)41(3,39)40)37-36-32(21-14-24(2)35(28)36)38-30-8-4-6-10-33(30)42-34-11-7-5-9-31(34)38/h4-22H,1-3H3. The average molecular weight is 632 g/mol. The van der Waals surface area contributed by atoms with Crippen molar-refractivity contribution in [1.29, 1.82) is 0 Å². The molecule has 0 amide bonds. The zero-order valence-electron chi connectivity index (χ0n) is 23.5. The van der Waals surface area contributed by atoms with E-state index in [0.717, 1.165) is 44.5 Å². The van der Waals surface area contributed by atoms with E-state index < -0.39 is 9.84 Å². The van der Waals surface area contributed by atoms with Crippen LogP contribution in [0.25, 0.3) is 33.3 Å². The molecule has 0 atom stereocenters. The van der Waals surface area contributed by atoms with E-state index in [1.165, 1.54) is 32.1 Å². The molecule has 6 heteroatoms. The summed E-state index contributed by atoms with van der Waals surface area (Å²) in [5, 5.41) is 1.11. The number of aryl methyl sites for hydroxylation is 2. The van der Waals surface area contributed by atoms with Crippen molar-refractivity contribution >= 4 is 61.7 Å². The van der Waals surface area contributed by atoms with Gasteiger partial charge in [0.15, 0.2) is 0 Å². The van der Waals surface area contributed by atoms with E-state index in [2.05, 4.69) is 110 Å². The maximum absolute atomic E-state index is 12.2. The van der Waals surface area contributed by atoms with Crippen LogP contribution in [0.1, 0.15) is 11.1 Å². The Hall–Kier alpha value is -4.22. The predicted octanol–water partition coefficient (Wildman–Crippen LogP) is 7.03. The zero-order chi connectivity index (χ0) is 29.0. The van der Waals surface area contributed by atoms with Crippen LogP contribution in [-0.2, 0) is 9.84 Å². The van der Waals surface area contributed by atoms with Gasteiger partial charge < -0.3 is 0 Å². The number of aromatic nitrogens is 1. The Kier molecular flexibility index (Phi) is 6.51. The summed E-state index contributed by atoms with van der Waals surface area (Å²) in [7, 11) is -3.30. The summed E-state index contributed by atoms with van der Waals surface area (Å²) in [5.41, 5.74) is 10.5. The summed E-state index contributed by atoms with van der Waals surface area (Å²) in [6.45, 7) is 4.24. The Bertz CT molecular complexity index is 2060. The number of nitrogens with zero attached hydrogens (tertiary/aromatic N) is 2. The molecule has 0 unspecified atom stereocenters. The van der Waals surface area contributed by atoms with Crippen molar-refractivity contribution in [3.8, 4) is 22.4 Å². The molecular weight excluding hydrogens is 603 g/mol. The van der Waals surface area contributed by atoms with Gasteiger partial charge >= 0.3 is 239 Å². The third-order valence-corrected chi connectivity index (χ3v) is 11.3. The molecule has 0 aliphatic carbocycles. The normalized spacial score (nSPS) is 12.7. The van der Waals surface area contributed by atoms with Crippen molar-refractivity contribution in [1.82, 2.24) is 4.98 Å². The van der Waals surface area contributed by atoms with Crippen molar-refractivity contribution in [3.63, 3.8) is 0 Å². The van der Waals surface area contributed by atoms with Crippen LogP contribution >= 0.6 is 0 Å². The quantitative estimate of drug-likeness (QED) is 0.196. The first-order chi connectivity index (χ1) is 20.3. The molecule has 4 nitrogen and oxygen atoms in total. The Morgan fingerprint density at radius 1 is 0.667 bits per heavy atom. The van der Waals surface area contributed by atoms with Gasteiger partial charge in [-0.1, -0.05) is 0 Å². The molecule has 42 heavy (non-hydrogen) atoms. The molecule has 1 aromatic heterocycles. The van der Waals surface area contributed by atoms with E-state index in [1.807, 2.05) is 12.1 Å². The second-order valence-corrected chi connectivity index (χ2v) is 15.0. The number of sulfone groups is 1. The van der Waals surface area contributed by atoms with Gasteiger partial charge in [-0.2, -0.15) is 0 Å². The number of benzene rings is 5. The Balaban J connectivity index is 1.55. The summed E-state index contributed by atoms with van der Waals surface area (Å²) in [4.78, 5) is 8.00. The summed E-state index contributed by atoms with van der Waals surface area (Å²) >= 11 is 0.206. The first-order valence-electron chi connectivity index (χ1n) is 13.8. The molecule has 0 N–H and O–H groups in total. The van der Waals surface area contributed by atoms with Crippen LogP contribution in [0.5, 0.6) is 0 Å². The van der Waals surface area contributed by atoms with Gasteiger partial charge in [-0.25, -0.2) is 8.42 Å². The fourth-order valence-corrected chi connectivity index (χ4v) is 8.47. The predicted molar refractivity (Wildman–Crippen MR) is 175 cm³/mol. The molecule has 2 heterocycles. The number of anilines is 3. The molecule has 0 saturated carbocycles. The van der Waals surface area contributed by atoms with Crippen LogP contribution in [0.3, 0.4) is 0 Å². The Morgan fingerprint density at radius 3 is 1.88 bits per heavy atom. The summed E-state index contributed by atoms with van der Waals surface area (Å²) in [6.07, 6.45) is 1.23. The maximum atomic E-state index is 12.2. The first-order valence-corrected chi connectivity index (χ1v) is 17.4. The number of para-hydroxylation sites is 2. The van der Waals surface area contributed by atoms with Gasteiger partial charge in [0.1, 0.15) is 0 Å². The van der Waals surface area contributed by atoms with Crippen LogP contribution < -0.4 is 13.8 Å². The van der Waals surface area contributed by atoms with E-state index in [9.17, 15) is 8.42 Å². The van der Waals surface area contributed by atoms with Crippen LogP contribution in [0.4, 0.5) is 17.1 Å². The molecular formula is C36H28N2O2SSe. The second kappa shape index (κ2) is 10.2. The van der Waals surface area contributed by atoms with E-state index in [1.54, 1.807) is 12.1 Å². The van der Waals surface area contributed by atoms with Crippen LogP contribution in [0, 0.1) is 13.8 Å². The first kappa shape index (κ1) is 26.7. The number of pyridine rings is 1. The summed E-state index contributed by atoms with van der Waals surface area (Å²) in [5.74, 6) is 0. The third-order valence-electron chi connectivity index (χ3n) is 7.76. The Morgan fingerprint density at radius 2 is 1.26 bits per heavy atom. The van der Waals surface area contributed by atoms with Crippen molar-refractivity contribution in [2.75, 3.05) is 11.2 Å². The summed E-state index contributed by atoms with van der Waals surface area (Å²) < 4.78 is 27.0. The molecule has 0 radical (unpaired) electrons. The average Bonchev–Trinajstić information content (AvgIpc) is 3.00. The zero-order valence-corrected chi connectivity index (χ0v) is 26.0. The molecule has 0 spiro atoms. The molecule has 7 rings (SSSR count). The van der Waals surface area contributed by atoms with Crippen molar-refractivity contribution in [3.05, 3.63) is 126 Å². The Labute approximate surface area is 252 Å². The number of fused-ring (bicyclic) bond motifs is 3. The molecule has 0 fully saturated rings. The minimum absolute atomic E-state index is 0.206. The van der Waals surface area contributed by atoms with E-state index in [0.29, 0.717) is 4.90 Å². The van der Waals surface area contributed by atoms with Gasteiger partial charge in [-0.15, -0.1) is 0 Å². The molecule has 5 aromatic carbocycles. The topological polar surface area (TPSA) is 50.3 Å². The van der Waals surface area contributed by atoms with Gasteiger partial charge in [0.2, 0.25) is 0 Å². The van der Waals surface area contributed by atoms with E-state index in [4.69, 9.17) is 4.98 Å². The summed E-state index contributed by atoms with van der Waals surface area (Å²) in [6, 6.07) is 39.5. The molecule has 0 saturated heterocycles. The third kappa shape index (κ3) is 4.62. The van der Waals surface area contributed by atoms with Gasteiger partial charge in [-0.3, -0.25) is 0 Å². The molecule has 206 valence electrons. The number of rotatable bonds is 4. The van der Waals surface area contributed by atoms with Crippen LogP contribution in [-0.4, -0.2) is 34.6 Å². The molecule has 1 aliphatic heterocycles. The van der Waals surface area contributed by atoms with Crippen LogP contribution in [0.2, 0.25) is 0 Å². The SMILES string of the molecule is Cc1ccc(-c2cc(-c3ccc(S(C)(=O)=O)cc3)nc3c(N4c5ccccc5[Se]c5ccccc54)ccc(C)c23)cc1. The molecule has 1 aliphatic rings. The minimum atomic E-state index is -3.30. The van der Waals surface area contributed by atoms with Gasteiger partial charge in [0.25, 0.3) is 0 Å². The van der Waals surface area contributed by atoms with Gasteiger partial charge in [0, 0.05) is 6.26 Å². The van der Waals surface area contributed by atoms with Crippen molar-refractivity contribution < 1.29 is 8.42 Å². The number of hydrogen-bond acceptors (Lipinski definition) is 4. The van der Waals surface area contributed by atoms with Gasteiger partial charge in [-0.05, 0) is 0 Å². The molecule has 0 bridgehead atoms. The van der Waals surface area contributed by atoms with E-state index >= 15 is 0 Å². The fraction of sp³-hybridized carbons (Fsp3) is 0.0833. The van der Waals surface area contributed by atoms with Crippen molar-refractivity contribution in [2.24, 2.45) is 0 Å². The fourth-order valence-electron chi connectivity index (χ4n) is 5.62. The van der Waals surface area contributed by atoms with Gasteiger partial charge in [0.05, 0.1) is 0 Å². The van der Waals surface area contributed by atoms with Crippen LogP contribution in [0.15, 0.2) is 120 Å². The van der Waals surface area contributed by atoms with Crippen molar-refractivity contribution in [2.45, 2.75) is 18.7 Å². The second-order valence-electron chi connectivity index (χ2n) is 10.7. The monoisotopic (exact) mass is 632 g/mol. The van der Waals surface area contributed by atoms with E-state index in [-0.39, 0.29) is 15.0 Å². The molecule has 6 aromatic rings.